The largest absolute Gasteiger partial charge is 0.444 e. The van der Waals surface area contributed by atoms with Crippen LogP contribution in [0.25, 0.3) is 0 Å². The number of nitrogens with one attached hydrogen (secondary N) is 2. The zero-order valence-electron chi connectivity index (χ0n) is 18.5. The molecule has 1 aromatic carbocycles. The molecule has 0 bridgehead atoms. The standard InChI is InChI=1S/C22H36N4O3/c1-6-7-11-19(24-21(28)29-22(2,3)4)20(27)23-17-9-8-10-18(16-17)26-14-12-25(5)13-15-26/h8-10,16,19H,6-7,11-15H2,1-5H3,(H,23,27)(H,24,28)/t19-/m0/s1. The number of unbranched alkanes of at least 4 members (excludes halogenated alkanes) is 1. The Morgan fingerprint density at radius 1 is 1.17 bits per heavy atom. The van der Waals surface area contributed by atoms with Crippen molar-refractivity contribution in [2.45, 2.75) is 58.6 Å². The van der Waals surface area contributed by atoms with E-state index in [1.54, 1.807) is 20.8 Å². The number of piperazine rings is 1. The Hall–Kier alpha value is -2.28. The second-order valence-corrected chi connectivity index (χ2v) is 8.67. The summed E-state index contributed by atoms with van der Waals surface area (Å²) in [5.41, 5.74) is 1.23. The first-order valence-corrected chi connectivity index (χ1v) is 10.5. The third-order valence-electron chi connectivity index (χ3n) is 4.84. The minimum absolute atomic E-state index is 0.222. The third-order valence-corrected chi connectivity index (χ3v) is 4.84. The first-order valence-electron chi connectivity index (χ1n) is 10.5. The Morgan fingerprint density at radius 3 is 2.48 bits per heavy atom. The van der Waals surface area contributed by atoms with Crippen LogP contribution in [-0.2, 0) is 9.53 Å². The highest BCUT2D eigenvalue weighted by atomic mass is 16.6. The fraction of sp³-hybridized carbons (Fsp3) is 0.636. The molecule has 2 amide bonds. The van der Waals surface area contributed by atoms with Gasteiger partial charge < -0.3 is 25.2 Å². The molecule has 162 valence electrons. The molecule has 7 heteroatoms. The number of amides is 2. The van der Waals surface area contributed by atoms with Crippen molar-refractivity contribution in [1.82, 2.24) is 10.2 Å². The van der Waals surface area contributed by atoms with Crippen LogP contribution < -0.4 is 15.5 Å². The lowest BCUT2D eigenvalue weighted by atomic mass is 10.1. The van der Waals surface area contributed by atoms with Gasteiger partial charge in [-0.3, -0.25) is 4.79 Å². The minimum Gasteiger partial charge on any atom is -0.444 e. The number of rotatable bonds is 7. The maximum atomic E-state index is 12.8. The van der Waals surface area contributed by atoms with Gasteiger partial charge in [-0.25, -0.2) is 4.79 Å². The monoisotopic (exact) mass is 404 g/mol. The van der Waals surface area contributed by atoms with E-state index in [1.807, 2.05) is 18.2 Å². The molecule has 1 heterocycles. The summed E-state index contributed by atoms with van der Waals surface area (Å²) in [7, 11) is 2.13. The maximum Gasteiger partial charge on any atom is 0.408 e. The summed E-state index contributed by atoms with van der Waals surface area (Å²) < 4.78 is 5.31. The number of hydrogen-bond acceptors (Lipinski definition) is 5. The smallest absolute Gasteiger partial charge is 0.408 e. The van der Waals surface area contributed by atoms with E-state index in [9.17, 15) is 9.59 Å². The Morgan fingerprint density at radius 2 is 1.86 bits per heavy atom. The number of benzene rings is 1. The summed E-state index contributed by atoms with van der Waals surface area (Å²) in [6, 6.07) is 7.26. The van der Waals surface area contributed by atoms with Crippen molar-refractivity contribution >= 4 is 23.4 Å². The molecule has 29 heavy (non-hydrogen) atoms. The molecule has 2 N–H and O–H groups in total. The Balaban J connectivity index is 2.02. The first kappa shape index (κ1) is 23.0. The Kier molecular flexibility index (Phi) is 8.32. The number of carbonyl (C=O) groups excluding carboxylic acids is 2. The zero-order chi connectivity index (χ0) is 21.4. The van der Waals surface area contributed by atoms with Crippen molar-refractivity contribution in [1.29, 1.82) is 0 Å². The van der Waals surface area contributed by atoms with Gasteiger partial charge in [0.15, 0.2) is 0 Å². The van der Waals surface area contributed by atoms with Crippen LogP contribution in [0.15, 0.2) is 24.3 Å². The lowest BCUT2D eigenvalue weighted by Gasteiger charge is -2.34. The van der Waals surface area contributed by atoms with Crippen molar-refractivity contribution < 1.29 is 14.3 Å². The van der Waals surface area contributed by atoms with Gasteiger partial charge >= 0.3 is 6.09 Å². The summed E-state index contributed by atoms with van der Waals surface area (Å²) >= 11 is 0. The van der Waals surface area contributed by atoms with Gasteiger partial charge in [-0.05, 0) is 52.4 Å². The lowest BCUT2D eigenvalue weighted by molar-refractivity contribution is -0.118. The predicted octanol–water partition coefficient (Wildman–Crippen LogP) is 3.46. The molecule has 0 spiro atoms. The van der Waals surface area contributed by atoms with Gasteiger partial charge in [0.05, 0.1) is 0 Å². The molecule has 0 aliphatic carbocycles. The van der Waals surface area contributed by atoms with Gasteiger partial charge in [0.1, 0.15) is 11.6 Å². The molecule has 1 aliphatic heterocycles. The van der Waals surface area contributed by atoms with Crippen LogP contribution in [-0.4, -0.2) is 61.8 Å². The van der Waals surface area contributed by atoms with Crippen molar-refractivity contribution in [2.24, 2.45) is 0 Å². The number of ether oxygens (including phenoxy) is 1. The van der Waals surface area contributed by atoms with Gasteiger partial charge in [-0.15, -0.1) is 0 Å². The van der Waals surface area contributed by atoms with Gasteiger partial charge in [0.2, 0.25) is 5.91 Å². The van der Waals surface area contributed by atoms with Crippen LogP contribution in [0, 0.1) is 0 Å². The molecular formula is C22H36N4O3. The quantitative estimate of drug-likeness (QED) is 0.728. The van der Waals surface area contributed by atoms with Gasteiger partial charge in [0.25, 0.3) is 0 Å². The molecule has 1 saturated heterocycles. The van der Waals surface area contributed by atoms with Crippen LogP contribution in [0.4, 0.5) is 16.2 Å². The summed E-state index contributed by atoms with van der Waals surface area (Å²) in [6.07, 6.45) is 1.79. The lowest BCUT2D eigenvalue weighted by Crippen LogP contribution is -2.46. The fourth-order valence-corrected chi connectivity index (χ4v) is 3.20. The molecule has 0 saturated carbocycles. The number of carbonyl (C=O) groups is 2. The van der Waals surface area contributed by atoms with Crippen molar-refractivity contribution in [3.63, 3.8) is 0 Å². The molecule has 7 nitrogen and oxygen atoms in total. The molecular weight excluding hydrogens is 368 g/mol. The SMILES string of the molecule is CCCC[C@H](NC(=O)OC(C)(C)C)C(=O)Nc1cccc(N2CCN(C)CC2)c1. The topological polar surface area (TPSA) is 73.9 Å². The highest BCUT2D eigenvalue weighted by Crippen LogP contribution is 2.21. The Labute approximate surface area is 174 Å². The summed E-state index contributed by atoms with van der Waals surface area (Å²) in [5.74, 6) is -0.222. The van der Waals surface area contributed by atoms with Crippen LogP contribution >= 0.6 is 0 Å². The van der Waals surface area contributed by atoms with Crippen LogP contribution in [0.2, 0.25) is 0 Å². The molecule has 0 radical (unpaired) electrons. The van der Waals surface area contributed by atoms with Crippen LogP contribution in [0.5, 0.6) is 0 Å². The average molecular weight is 405 g/mol. The predicted molar refractivity (Wildman–Crippen MR) is 117 cm³/mol. The molecule has 1 fully saturated rings. The highest BCUT2D eigenvalue weighted by Gasteiger charge is 2.24. The molecule has 0 unspecified atom stereocenters. The van der Waals surface area contributed by atoms with E-state index in [2.05, 4.69) is 40.5 Å². The maximum absolute atomic E-state index is 12.8. The van der Waals surface area contributed by atoms with E-state index in [1.165, 1.54) is 0 Å². The van der Waals surface area contributed by atoms with E-state index in [4.69, 9.17) is 4.74 Å². The van der Waals surface area contributed by atoms with Crippen LogP contribution in [0.3, 0.4) is 0 Å². The molecule has 1 aliphatic rings. The Bertz CT molecular complexity index is 679. The average Bonchev–Trinajstić information content (AvgIpc) is 2.64. The van der Waals surface area contributed by atoms with Gasteiger partial charge in [-0.1, -0.05) is 25.8 Å². The van der Waals surface area contributed by atoms with Gasteiger partial charge in [-0.2, -0.15) is 0 Å². The molecule has 1 aromatic rings. The second kappa shape index (κ2) is 10.5. The highest BCUT2D eigenvalue weighted by molar-refractivity contribution is 5.96. The number of anilines is 2. The zero-order valence-corrected chi connectivity index (χ0v) is 18.5. The van der Waals surface area contributed by atoms with Gasteiger partial charge in [0, 0.05) is 37.6 Å². The summed E-state index contributed by atoms with van der Waals surface area (Å²) in [4.78, 5) is 29.6. The van der Waals surface area contributed by atoms with E-state index in [0.29, 0.717) is 6.42 Å². The summed E-state index contributed by atoms with van der Waals surface area (Å²) in [6.45, 7) is 11.4. The van der Waals surface area contributed by atoms with E-state index >= 15 is 0 Å². The third kappa shape index (κ3) is 7.93. The summed E-state index contributed by atoms with van der Waals surface area (Å²) in [5, 5.41) is 5.68. The van der Waals surface area contributed by atoms with Crippen molar-refractivity contribution in [2.75, 3.05) is 43.4 Å². The van der Waals surface area contributed by atoms with E-state index in [0.717, 1.165) is 50.4 Å². The number of hydrogen-bond donors (Lipinski definition) is 2. The molecule has 1 atom stereocenters. The number of alkyl carbamates (subject to hydrolysis) is 1. The van der Waals surface area contributed by atoms with Crippen molar-refractivity contribution in [3.05, 3.63) is 24.3 Å². The normalized spacial score (nSPS) is 16.2. The van der Waals surface area contributed by atoms with E-state index < -0.39 is 17.7 Å². The van der Waals surface area contributed by atoms with E-state index in [-0.39, 0.29) is 5.91 Å². The minimum atomic E-state index is -0.628. The second-order valence-electron chi connectivity index (χ2n) is 8.67. The molecule has 2 rings (SSSR count). The first-order chi connectivity index (χ1) is 13.7. The fourth-order valence-electron chi connectivity index (χ4n) is 3.20. The number of likely N-dealkylation sites (N-methyl/N-ethyl adjacent to an activating group) is 1. The number of nitrogens with zero attached hydrogens (tertiary/aromatic N) is 2. The molecule has 0 aromatic heterocycles. The van der Waals surface area contributed by atoms with Crippen LogP contribution in [0.1, 0.15) is 47.0 Å². The van der Waals surface area contributed by atoms with Crippen molar-refractivity contribution in [3.8, 4) is 0 Å².